The highest BCUT2D eigenvalue weighted by Crippen LogP contribution is 2.32. The van der Waals surface area contributed by atoms with Crippen molar-refractivity contribution < 1.29 is 14.4 Å². The molecule has 1 aromatic carbocycles. The molecule has 0 amide bonds. The first-order valence-electron chi connectivity index (χ1n) is 5.49. The quantitative estimate of drug-likeness (QED) is 0.884. The Labute approximate surface area is 99.8 Å². The highest BCUT2D eigenvalue weighted by atomic mass is 16.5. The number of phenolic OH excluding ortho intramolecular Hbond substituents is 1. The Morgan fingerprint density at radius 1 is 1.29 bits per heavy atom. The van der Waals surface area contributed by atoms with Gasteiger partial charge < -0.3 is 14.4 Å². The van der Waals surface area contributed by atoms with E-state index in [0.29, 0.717) is 11.5 Å². The maximum Gasteiger partial charge on any atom is 0.167 e. The predicted octanol–water partition coefficient (Wildman–Crippen LogP) is 3.14. The second-order valence-electron chi connectivity index (χ2n) is 4.18. The molecule has 0 spiro atoms. The Kier molecular flexibility index (Phi) is 3.04. The standard InChI is InChI=1S/C13H15NO3/c1-8(2)16-12-5-4-10(7-11(12)15)13-6-9(3)14-17-13/h4-8,15H,1-3H3. The van der Waals surface area contributed by atoms with E-state index in [0.717, 1.165) is 11.3 Å². The number of aromatic hydroxyl groups is 1. The van der Waals surface area contributed by atoms with E-state index >= 15 is 0 Å². The summed E-state index contributed by atoms with van der Waals surface area (Å²) in [6.07, 6.45) is 0.0271. The SMILES string of the molecule is Cc1cc(-c2ccc(OC(C)C)c(O)c2)on1. The number of ether oxygens (including phenoxy) is 1. The van der Waals surface area contributed by atoms with E-state index in [4.69, 9.17) is 9.26 Å². The van der Waals surface area contributed by atoms with Crippen LogP contribution < -0.4 is 4.74 Å². The lowest BCUT2D eigenvalue weighted by atomic mass is 10.1. The number of aromatic nitrogens is 1. The molecule has 2 aromatic rings. The molecule has 0 saturated heterocycles. The first kappa shape index (κ1) is 11.5. The predicted molar refractivity (Wildman–Crippen MR) is 64.1 cm³/mol. The van der Waals surface area contributed by atoms with Crippen LogP contribution in [0.5, 0.6) is 11.5 Å². The van der Waals surface area contributed by atoms with Crippen LogP contribution in [-0.2, 0) is 0 Å². The molecule has 0 aliphatic carbocycles. The number of benzene rings is 1. The Bertz CT molecular complexity index is 517. The molecule has 0 atom stereocenters. The van der Waals surface area contributed by atoms with Gasteiger partial charge in [-0.1, -0.05) is 5.16 Å². The average Bonchev–Trinajstić information content (AvgIpc) is 2.67. The molecule has 0 saturated carbocycles. The number of nitrogens with zero attached hydrogens (tertiary/aromatic N) is 1. The van der Waals surface area contributed by atoms with Gasteiger partial charge in [-0.3, -0.25) is 0 Å². The fourth-order valence-electron chi connectivity index (χ4n) is 1.52. The van der Waals surface area contributed by atoms with Crippen molar-refractivity contribution in [1.82, 2.24) is 5.16 Å². The fraction of sp³-hybridized carbons (Fsp3) is 0.308. The smallest absolute Gasteiger partial charge is 0.167 e. The van der Waals surface area contributed by atoms with Crippen LogP contribution in [0, 0.1) is 6.92 Å². The van der Waals surface area contributed by atoms with Gasteiger partial charge in [-0.15, -0.1) is 0 Å². The van der Waals surface area contributed by atoms with Gasteiger partial charge in [0.25, 0.3) is 0 Å². The maximum absolute atomic E-state index is 9.82. The zero-order valence-electron chi connectivity index (χ0n) is 10.1. The van der Waals surface area contributed by atoms with Gasteiger partial charge in [0.15, 0.2) is 17.3 Å². The van der Waals surface area contributed by atoms with Gasteiger partial charge in [0.1, 0.15) is 0 Å². The molecule has 0 radical (unpaired) electrons. The van der Waals surface area contributed by atoms with Crippen molar-refractivity contribution in [3.8, 4) is 22.8 Å². The normalized spacial score (nSPS) is 10.8. The largest absolute Gasteiger partial charge is 0.504 e. The Hall–Kier alpha value is -1.97. The van der Waals surface area contributed by atoms with Gasteiger partial charge in [0, 0.05) is 11.6 Å². The number of phenols is 1. The number of hydrogen-bond donors (Lipinski definition) is 1. The van der Waals surface area contributed by atoms with Gasteiger partial charge in [-0.25, -0.2) is 0 Å². The van der Waals surface area contributed by atoms with Gasteiger partial charge in [0.05, 0.1) is 11.8 Å². The monoisotopic (exact) mass is 233 g/mol. The summed E-state index contributed by atoms with van der Waals surface area (Å²) in [4.78, 5) is 0. The molecule has 0 aliphatic rings. The first-order valence-corrected chi connectivity index (χ1v) is 5.49. The van der Waals surface area contributed by atoms with Crippen molar-refractivity contribution in [3.63, 3.8) is 0 Å². The van der Waals surface area contributed by atoms with Gasteiger partial charge >= 0.3 is 0 Å². The number of rotatable bonds is 3. The zero-order chi connectivity index (χ0) is 12.4. The van der Waals surface area contributed by atoms with Crippen LogP contribution in [0.1, 0.15) is 19.5 Å². The summed E-state index contributed by atoms with van der Waals surface area (Å²) in [5.74, 6) is 1.21. The molecule has 1 aromatic heterocycles. The van der Waals surface area contributed by atoms with Crippen molar-refractivity contribution in [2.45, 2.75) is 26.9 Å². The van der Waals surface area contributed by atoms with Crippen LogP contribution in [-0.4, -0.2) is 16.4 Å². The van der Waals surface area contributed by atoms with E-state index in [9.17, 15) is 5.11 Å². The molecule has 0 bridgehead atoms. The summed E-state index contributed by atoms with van der Waals surface area (Å²) >= 11 is 0. The van der Waals surface area contributed by atoms with E-state index in [1.165, 1.54) is 0 Å². The van der Waals surface area contributed by atoms with Crippen LogP contribution in [0.4, 0.5) is 0 Å². The molecular formula is C13H15NO3. The molecule has 0 unspecified atom stereocenters. The summed E-state index contributed by atoms with van der Waals surface area (Å²) in [5.41, 5.74) is 1.58. The second kappa shape index (κ2) is 4.49. The minimum Gasteiger partial charge on any atom is -0.504 e. The van der Waals surface area contributed by atoms with E-state index in [1.54, 1.807) is 12.1 Å². The highest BCUT2D eigenvalue weighted by molar-refractivity contribution is 5.62. The third kappa shape index (κ3) is 2.58. The molecule has 1 N–H and O–H groups in total. The van der Waals surface area contributed by atoms with Crippen LogP contribution in [0.25, 0.3) is 11.3 Å². The molecule has 0 aliphatic heterocycles. The Morgan fingerprint density at radius 3 is 2.59 bits per heavy atom. The van der Waals surface area contributed by atoms with Crippen LogP contribution in [0.15, 0.2) is 28.8 Å². The van der Waals surface area contributed by atoms with Gasteiger partial charge in [-0.2, -0.15) is 0 Å². The molecular weight excluding hydrogens is 218 g/mol. The molecule has 90 valence electrons. The first-order chi connectivity index (χ1) is 8.06. The van der Waals surface area contributed by atoms with Crippen LogP contribution in [0.2, 0.25) is 0 Å². The third-order valence-electron chi connectivity index (χ3n) is 2.23. The highest BCUT2D eigenvalue weighted by Gasteiger charge is 2.09. The third-order valence-corrected chi connectivity index (χ3v) is 2.23. The average molecular weight is 233 g/mol. The van der Waals surface area contributed by atoms with E-state index in [2.05, 4.69) is 5.16 Å². The van der Waals surface area contributed by atoms with Gasteiger partial charge in [0.2, 0.25) is 0 Å². The van der Waals surface area contributed by atoms with Crippen molar-refractivity contribution in [3.05, 3.63) is 30.0 Å². The summed E-state index contributed by atoms with van der Waals surface area (Å²) in [6, 6.07) is 6.98. The van der Waals surface area contributed by atoms with Crippen LogP contribution in [0.3, 0.4) is 0 Å². The molecule has 4 nitrogen and oxygen atoms in total. The molecule has 17 heavy (non-hydrogen) atoms. The van der Waals surface area contributed by atoms with E-state index in [1.807, 2.05) is 32.9 Å². The minimum absolute atomic E-state index is 0.0271. The van der Waals surface area contributed by atoms with E-state index < -0.39 is 0 Å². The molecule has 4 heteroatoms. The number of aryl methyl sites for hydroxylation is 1. The molecule has 0 fully saturated rings. The Morgan fingerprint density at radius 2 is 2.06 bits per heavy atom. The second-order valence-corrected chi connectivity index (χ2v) is 4.18. The van der Waals surface area contributed by atoms with Crippen molar-refractivity contribution in [2.75, 3.05) is 0 Å². The topological polar surface area (TPSA) is 55.5 Å². The zero-order valence-corrected chi connectivity index (χ0v) is 10.1. The molecule has 1 heterocycles. The maximum atomic E-state index is 9.82. The molecule has 2 rings (SSSR count). The van der Waals surface area contributed by atoms with Crippen molar-refractivity contribution in [2.24, 2.45) is 0 Å². The summed E-state index contributed by atoms with van der Waals surface area (Å²) in [5, 5.41) is 13.6. The van der Waals surface area contributed by atoms with Gasteiger partial charge in [-0.05, 0) is 39.0 Å². The lowest BCUT2D eigenvalue weighted by molar-refractivity contribution is 0.232. The summed E-state index contributed by atoms with van der Waals surface area (Å²) in [6.45, 7) is 5.67. The minimum atomic E-state index is 0.0271. The Balaban J connectivity index is 2.30. The lowest BCUT2D eigenvalue weighted by Crippen LogP contribution is -2.05. The summed E-state index contributed by atoms with van der Waals surface area (Å²) in [7, 11) is 0. The van der Waals surface area contributed by atoms with E-state index in [-0.39, 0.29) is 11.9 Å². The van der Waals surface area contributed by atoms with Crippen molar-refractivity contribution >= 4 is 0 Å². The number of hydrogen-bond acceptors (Lipinski definition) is 4. The van der Waals surface area contributed by atoms with Crippen LogP contribution >= 0.6 is 0 Å². The van der Waals surface area contributed by atoms with Crippen molar-refractivity contribution in [1.29, 1.82) is 0 Å². The fourth-order valence-corrected chi connectivity index (χ4v) is 1.52. The lowest BCUT2D eigenvalue weighted by Gasteiger charge is -2.11. The summed E-state index contributed by atoms with van der Waals surface area (Å²) < 4.78 is 10.6.